The molecule has 6 nitrogen and oxygen atoms in total. The molecule has 0 atom stereocenters. The number of benzene rings is 1. The first-order valence-corrected chi connectivity index (χ1v) is 8.40. The van der Waals surface area contributed by atoms with Gasteiger partial charge in [0.15, 0.2) is 0 Å². The van der Waals surface area contributed by atoms with Crippen LogP contribution >= 0.6 is 0 Å². The van der Waals surface area contributed by atoms with Crippen molar-refractivity contribution in [1.82, 2.24) is 4.90 Å². The Bertz CT molecular complexity index is 553. The molecule has 2 rings (SSSR count). The summed E-state index contributed by atoms with van der Waals surface area (Å²) in [6.07, 6.45) is 3.86. The van der Waals surface area contributed by atoms with Crippen LogP contribution in [0.5, 0.6) is 0 Å². The molecule has 0 aromatic heterocycles. The number of piperidine rings is 1. The molecule has 0 unspecified atom stereocenters. The maximum absolute atomic E-state index is 11.2. The molecule has 0 radical (unpaired) electrons. The van der Waals surface area contributed by atoms with Crippen LogP contribution in [0.3, 0.4) is 0 Å². The Hall–Kier alpha value is -1.31. The molecule has 112 valence electrons. The molecule has 1 aliphatic heterocycles. The minimum absolute atomic E-state index is 0.0385. The van der Waals surface area contributed by atoms with Crippen molar-refractivity contribution in [2.75, 3.05) is 37.2 Å². The van der Waals surface area contributed by atoms with Crippen molar-refractivity contribution in [3.05, 3.63) is 18.2 Å². The second-order valence-electron chi connectivity index (χ2n) is 5.12. The highest BCUT2D eigenvalue weighted by Gasteiger charge is 2.11. The first-order chi connectivity index (χ1) is 9.47. The van der Waals surface area contributed by atoms with Crippen LogP contribution in [0.2, 0.25) is 0 Å². The zero-order valence-corrected chi connectivity index (χ0v) is 12.3. The number of hydrogen-bond donors (Lipinski definition) is 3. The number of nitrogens with zero attached hydrogens (tertiary/aromatic N) is 1. The van der Waals surface area contributed by atoms with Gasteiger partial charge in [-0.3, -0.25) is 0 Å². The van der Waals surface area contributed by atoms with Crippen LogP contribution in [-0.2, 0) is 10.0 Å². The normalized spacial score (nSPS) is 17.1. The van der Waals surface area contributed by atoms with E-state index < -0.39 is 10.0 Å². The molecular formula is C13H22N4O2S. The number of hydrogen-bond acceptors (Lipinski definition) is 5. The van der Waals surface area contributed by atoms with Crippen LogP contribution in [0.25, 0.3) is 0 Å². The summed E-state index contributed by atoms with van der Waals surface area (Å²) in [5.74, 6) is 0. The number of primary sulfonamides is 1. The first kappa shape index (κ1) is 15.1. The van der Waals surface area contributed by atoms with E-state index in [2.05, 4.69) is 10.2 Å². The Morgan fingerprint density at radius 1 is 1.20 bits per heavy atom. The largest absolute Gasteiger partial charge is 0.397 e. The number of rotatable bonds is 5. The van der Waals surface area contributed by atoms with E-state index in [4.69, 9.17) is 10.9 Å². The Morgan fingerprint density at radius 2 is 1.90 bits per heavy atom. The van der Waals surface area contributed by atoms with Crippen LogP contribution in [0.15, 0.2) is 23.1 Å². The summed E-state index contributed by atoms with van der Waals surface area (Å²) >= 11 is 0. The Kier molecular flexibility index (Phi) is 4.85. The summed E-state index contributed by atoms with van der Waals surface area (Å²) in [5.41, 5.74) is 6.98. The predicted octanol–water partition coefficient (Wildman–Crippen LogP) is 0.814. The maximum Gasteiger partial charge on any atom is 0.238 e. The topological polar surface area (TPSA) is 101 Å². The van der Waals surface area contributed by atoms with E-state index in [1.807, 2.05) is 0 Å². The number of nitrogens with one attached hydrogen (secondary N) is 1. The molecule has 20 heavy (non-hydrogen) atoms. The van der Waals surface area contributed by atoms with E-state index in [9.17, 15) is 8.42 Å². The van der Waals surface area contributed by atoms with Crippen LogP contribution in [0.1, 0.15) is 19.3 Å². The second kappa shape index (κ2) is 6.43. The van der Waals surface area contributed by atoms with Gasteiger partial charge >= 0.3 is 0 Å². The molecule has 0 spiro atoms. The molecule has 1 aromatic carbocycles. The van der Waals surface area contributed by atoms with Crippen molar-refractivity contribution in [3.63, 3.8) is 0 Å². The van der Waals surface area contributed by atoms with E-state index in [1.54, 1.807) is 6.07 Å². The Balaban J connectivity index is 1.90. The zero-order valence-electron chi connectivity index (χ0n) is 11.5. The molecule has 0 saturated carbocycles. The molecule has 0 aliphatic carbocycles. The number of sulfonamides is 1. The van der Waals surface area contributed by atoms with Gasteiger partial charge in [-0.05, 0) is 44.1 Å². The lowest BCUT2D eigenvalue weighted by Crippen LogP contribution is -2.33. The SMILES string of the molecule is Nc1cc(S(N)(=O)=O)ccc1NCCN1CCCCC1. The molecule has 1 saturated heterocycles. The Labute approximate surface area is 120 Å². The molecule has 0 bridgehead atoms. The van der Waals surface area contributed by atoms with Gasteiger partial charge in [-0.25, -0.2) is 13.6 Å². The lowest BCUT2D eigenvalue weighted by molar-refractivity contribution is 0.237. The average Bonchev–Trinajstić information content (AvgIpc) is 2.40. The second-order valence-corrected chi connectivity index (χ2v) is 6.68. The standard InChI is InChI=1S/C13H22N4O2S/c14-12-10-11(20(15,18)19)4-5-13(12)16-6-9-17-7-2-1-3-8-17/h4-5,10,16H,1-3,6-9,14H2,(H2,15,18,19). The summed E-state index contributed by atoms with van der Waals surface area (Å²) in [4.78, 5) is 2.46. The summed E-state index contributed by atoms with van der Waals surface area (Å²) in [6.45, 7) is 4.07. The minimum atomic E-state index is -3.70. The predicted molar refractivity (Wildman–Crippen MR) is 81.0 cm³/mol. The van der Waals surface area contributed by atoms with Crippen molar-refractivity contribution >= 4 is 21.4 Å². The Morgan fingerprint density at radius 3 is 2.50 bits per heavy atom. The fourth-order valence-electron chi connectivity index (χ4n) is 2.41. The summed E-state index contributed by atoms with van der Waals surface area (Å²) in [5, 5.41) is 8.30. The van der Waals surface area contributed by atoms with E-state index in [1.165, 1.54) is 31.4 Å². The number of likely N-dealkylation sites (tertiary alicyclic amines) is 1. The van der Waals surface area contributed by atoms with Crippen molar-refractivity contribution < 1.29 is 8.42 Å². The molecule has 7 heteroatoms. The van der Waals surface area contributed by atoms with Crippen molar-refractivity contribution in [1.29, 1.82) is 0 Å². The lowest BCUT2D eigenvalue weighted by Gasteiger charge is -2.26. The van der Waals surface area contributed by atoms with Gasteiger partial charge in [0.25, 0.3) is 0 Å². The van der Waals surface area contributed by atoms with Gasteiger partial charge in [0.1, 0.15) is 0 Å². The number of anilines is 2. The quantitative estimate of drug-likeness (QED) is 0.698. The third-order valence-corrected chi connectivity index (χ3v) is 4.45. The van der Waals surface area contributed by atoms with E-state index >= 15 is 0 Å². The molecule has 5 N–H and O–H groups in total. The zero-order chi connectivity index (χ0) is 14.6. The smallest absolute Gasteiger partial charge is 0.238 e. The molecule has 1 aliphatic rings. The van der Waals surface area contributed by atoms with Gasteiger partial charge in [0.2, 0.25) is 10.0 Å². The molecule has 0 amide bonds. The number of nitrogen functional groups attached to an aromatic ring is 1. The lowest BCUT2D eigenvalue weighted by atomic mass is 10.1. The number of nitrogens with two attached hydrogens (primary N) is 2. The van der Waals surface area contributed by atoms with Crippen LogP contribution < -0.4 is 16.2 Å². The van der Waals surface area contributed by atoms with Crippen molar-refractivity contribution in [3.8, 4) is 0 Å². The van der Waals surface area contributed by atoms with E-state index in [-0.39, 0.29) is 4.90 Å². The highest BCUT2D eigenvalue weighted by Crippen LogP contribution is 2.21. The van der Waals surface area contributed by atoms with Gasteiger partial charge in [-0.2, -0.15) is 0 Å². The van der Waals surface area contributed by atoms with Crippen molar-refractivity contribution in [2.45, 2.75) is 24.2 Å². The van der Waals surface area contributed by atoms with E-state index in [0.29, 0.717) is 5.69 Å². The van der Waals surface area contributed by atoms with Gasteiger partial charge in [-0.1, -0.05) is 6.42 Å². The first-order valence-electron chi connectivity index (χ1n) is 6.85. The average molecular weight is 298 g/mol. The highest BCUT2D eigenvalue weighted by molar-refractivity contribution is 7.89. The maximum atomic E-state index is 11.2. The van der Waals surface area contributed by atoms with Crippen molar-refractivity contribution in [2.24, 2.45) is 5.14 Å². The monoisotopic (exact) mass is 298 g/mol. The molecule has 1 heterocycles. The van der Waals surface area contributed by atoms with Gasteiger partial charge < -0.3 is 16.0 Å². The minimum Gasteiger partial charge on any atom is -0.397 e. The van der Waals surface area contributed by atoms with Crippen LogP contribution in [0.4, 0.5) is 11.4 Å². The fourth-order valence-corrected chi connectivity index (χ4v) is 2.96. The summed E-state index contributed by atoms with van der Waals surface area (Å²) < 4.78 is 22.4. The van der Waals surface area contributed by atoms with Gasteiger partial charge in [0, 0.05) is 13.1 Å². The van der Waals surface area contributed by atoms with E-state index in [0.717, 1.165) is 31.9 Å². The molecule has 1 aromatic rings. The highest BCUT2D eigenvalue weighted by atomic mass is 32.2. The van der Waals surface area contributed by atoms with Gasteiger partial charge in [0.05, 0.1) is 16.3 Å². The summed E-state index contributed by atoms with van der Waals surface area (Å²) in [7, 11) is -3.70. The fraction of sp³-hybridized carbons (Fsp3) is 0.538. The molecule has 1 fully saturated rings. The van der Waals surface area contributed by atoms with Crippen LogP contribution in [0, 0.1) is 0 Å². The third-order valence-electron chi connectivity index (χ3n) is 3.54. The molecular weight excluding hydrogens is 276 g/mol. The third kappa shape index (κ3) is 4.09. The van der Waals surface area contributed by atoms with Gasteiger partial charge in [-0.15, -0.1) is 0 Å². The van der Waals surface area contributed by atoms with Crippen LogP contribution in [-0.4, -0.2) is 39.5 Å². The summed E-state index contributed by atoms with van der Waals surface area (Å²) in [6, 6.07) is 4.51.